The van der Waals surface area contributed by atoms with Crippen LogP contribution in [0.5, 0.6) is 5.75 Å². The third-order valence-corrected chi connectivity index (χ3v) is 7.21. The Bertz CT molecular complexity index is 1350. The van der Waals surface area contributed by atoms with Gasteiger partial charge in [-0.3, -0.25) is 23.9 Å². The Kier molecular flexibility index (Phi) is 8.95. The maximum absolute atomic E-state index is 14.3. The molecule has 0 aliphatic carbocycles. The van der Waals surface area contributed by atoms with Gasteiger partial charge in [-0.2, -0.15) is 5.10 Å². The molecule has 2 aromatic heterocycles. The summed E-state index contributed by atoms with van der Waals surface area (Å²) in [6.45, 7) is 5.98. The highest BCUT2D eigenvalue weighted by Gasteiger charge is 2.50. The van der Waals surface area contributed by atoms with Crippen LogP contribution in [0, 0.1) is 0 Å². The van der Waals surface area contributed by atoms with E-state index in [0.717, 1.165) is 23.2 Å². The molecule has 0 radical (unpaired) electrons. The van der Waals surface area contributed by atoms with Crippen molar-refractivity contribution in [3.63, 3.8) is 0 Å². The van der Waals surface area contributed by atoms with Crippen molar-refractivity contribution in [2.45, 2.75) is 44.7 Å². The maximum Gasteiger partial charge on any atom is 0.261 e. The molecule has 13 heteroatoms. The van der Waals surface area contributed by atoms with Crippen molar-refractivity contribution in [2.24, 2.45) is 0 Å². The molecule has 1 unspecified atom stereocenters. The third kappa shape index (κ3) is 6.58. The van der Waals surface area contributed by atoms with E-state index in [9.17, 15) is 18.0 Å². The molecule has 0 fully saturated rings. The smallest absolute Gasteiger partial charge is 0.261 e. The number of ether oxygens (including phenoxy) is 2. The predicted molar refractivity (Wildman–Crippen MR) is 145 cm³/mol. The number of methoxy groups -OCH3 is 2. The number of amides is 2. The summed E-state index contributed by atoms with van der Waals surface area (Å²) in [5, 5.41) is 6.10. The monoisotopic (exact) mass is 563 g/mol. The molecule has 2 heterocycles. The van der Waals surface area contributed by atoms with E-state index in [1.54, 1.807) is 29.8 Å². The minimum absolute atomic E-state index is 0.0416. The number of rotatable bonds is 11. The molecule has 2 amide bonds. The predicted octanol–water partition coefficient (Wildman–Crippen LogP) is 2.84. The Morgan fingerprint density at radius 1 is 1.18 bits per heavy atom. The van der Waals surface area contributed by atoms with Crippen molar-refractivity contribution < 1.29 is 27.5 Å². The highest BCUT2D eigenvalue weighted by Crippen LogP contribution is 2.36. The topological polar surface area (TPSA) is 133 Å². The minimum Gasteiger partial charge on any atom is -0.496 e. The van der Waals surface area contributed by atoms with E-state index in [2.05, 4.69) is 14.8 Å². The molecule has 3 aromatic rings. The fraction of sp³-hybridized carbons (Fsp3) is 0.440. The van der Waals surface area contributed by atoms with Crippen LogP contribution in [-0.2, 0) is 31.5 Å². The lowest BCUT2D eigenvalue weighted by Gasteiger charge is -2.41. The average molecular weight is 564 g/mol. The Hall–Kier alpha value is -3.29. The molecule has 206 valence electrons. The van der Waals surface area contributed by atoms with Crippen LogP contribution in [0.4, 0.5) is 5.13 Å². The summed E-state index contributed by atoms with van der Waals surface area (Å²) in [5.41, 5.74) is -0.899. The number of nitrogens with one attached hydrogen (secondary N) is 1. The first-order valence-corrected chi connectivity index (χ1v) is 14.5. The zero-order valence-electron chi connectivity index (χ0n) is 22.3. The van der Waals surface area contributed by atoms with Crippen LogP contribution in [0.3, 0.4) is 0 Å². The van der Waals surface area contributed by atoms with Crippen LogP contribution in [0.15, 0.2) is 48.2 Å². The van der Waals surface area contributed by atoms with Crippen LogP contribution in [-0.4, -0.2) is 67.6 Å². The van der Waals surface area contributed by atoms with Gasteiger partial charge >= 0.3 is 0 Å². The molecular formula is C25H33N5O6S2. The number of aromatic nitrogens is 3. The first-order valence-electron chi connectivity index (χ1n) is 11.7. The summed E-state index contributed by atoms with van der Waals surface area (Å²) in [5.74, 6) is -0.961. The number of nitrogens with zero attached hydrogens (tertiary/aromatic N) is 4. The summed E-state index contributed by atoms with van der Waals surface area (Å²) in [6, 6.07) is 6.76. The molecule has 0 aliphatic heterocycles. The van der Waals surface area contributed by atoms with E-state index >= 15 is 0 Å². The first-order chi connectivity index (χ1) is 17.8. The SMILES string of the molecule is COCCC(Cn1cccn1)(C(=O)NS(C)(=O)=O)N(C(=O)c1ccc(C(C)(C)C)c(OC)c1)c1nccs1. The second kappa shape index (κ2) is 11.6. The summed E-state index contributed by atoms with van der Waals surface area (Å²) in [7, 11) is -0.998. The standard InChI is InChI=1S/C25H33N5O6S2/c1-24(2,3)19-9-8-18(16-20(19)36-5)21(31)30(23-26-12-15-37-23)25(10-14-35-4,17-29-13-7-11-27-29)22(32)28-38(6,33)34/h7-9,11-13,15-16H,10,14,17H2,1-6H3,(H,28,32). The molecule has 0 bridgehead atoms. The van der Waals surface area contributed by atoms with Gasteiger partial charge in [0.15, 0.2) is 10.7 Å². The zero-order valence-corrected chi connectivity index (χ0v) is 23.9. The van der Waals surface area contributed by atoms with Gasteiger partial charge in [0.1, 0.15) is 5.75 Å². The van der Waals surface area contributed by atoms with Crippen LogP contribution >= 0.6 is 11.3 Å². The summed E-state index contributed by atoms with van der Waals surface area (Å²) in [4.78, 5) is 33.8. The van der Waals surface area contributed by atoms with Crippen LogP contribution < -0.4 is 14.4 Å². The molecule has 0 spiro atoms. The highest BCUT2D eigenvalue weighted by molar-refractivity contribution is 7.89. The zero-order chi connectivity index (χ0) is 28.1. The Morgan fingerprint density at radius 2 is 1.92 bits per heavy atom. The van der Waals surface area contributed by atoms with Gasteiger partial charge in [-0.05, 0) is 29.2 Å². The lowest BCUT2D eigenvalue weighted by Crippen LogP contribution is -2.64. The van der Waals surface area contributed by atoms with Crippen LogP contribution in [0.1, 0.15) is 43.1 Å². The van der Waals surface area contributed by atoms with E-state index in [-0.39, 0.29) is 35.7 Å². The normalized spacial score (nSPS) is 13.5. The van der Waals surface area contributed by atoms with Crippen molar-refractivity contribution in [1.82, 2.24) is 19.5 Å². The lowest BCUT2D eigenvalue weighted by atomic mass is 9.85. The van der Waals surface area contributed by atoms with Crippen LogP contribution in [0.2, 0.25) is 0 Å². The second-order valence-corrected chi connectivity index (χ2v) is 12.4. The Balaban J connectivity index is 2.27. The Morgan fingerprint density at radius 3 is 2.45 bits per heavy atom. The Labute approximate surface area is 226 Å². The number of thiazole rings is 1. The van der Waals surface area contributed by atoms with Crippen molar-refractivity contribution >= 4 is 38.3 Å². The molecule has 3 rings (SSSR count). The third-order valence-electron chi connectivity index (χ3n) is 5.90. The molecule has 0 aliphatic rings. The molecule has 38 heavy (non-hydrogen) atoms. The summed E-state index contributed by atoms with van der Waals surface area (Å²) >= 11 is 1.14. The minimum atomic E-state index is -3.98. The van der Waals surface area contributed by atoms with Gasteiger partial charge in [0.05, 0.1) is 19.9 Å². The number of hydrogen-bond donors (Lipinski definition) is 1. The fourth-order valence-corrected chi connectivity index (χ4v) is 5.36. The summed E-state index contributed by atoms with van der Waals surface area (Å²) < 4.78 is 38.9. The lowest BCUT2D eigenvalue weighted by molar-refractivity contribution is -0.125. The molecule has 1 aromatic carbocycles. The van der Waals surface area contributed by atoms with E-state index in [4.69, 9.17) is 9.47 Å². The van der Waals surface area contributed by atoms with Gasteiger partial charge in [-0.25, -0.2) is 13.4 Å². The van der Waals surface area contributed by atoms with Crippen molar-refractivity contribution in [2.75, 3.05) is 32.0 Å². The number of carbonyl (C=O) groups is 2. The maximum atomic E-state index is 14.3. The largest absolute Gasteiger partial charge is 0.496 e. The molecule has 11 nitrogen and oxygen atoms in total. The van der Waals surface area contributed by atoms with Gasteiger partial charge in [0, 0.05) is 49.7 Å². The number of hydrogen-bond acceptors (Lipinski definition) is 9. The molecule has 0 saturated heterocycles. The number of benzene rings is 1. The van der Waals surface area contributed by atoms with E-state index in [1.807, 2.05) is 26.8 Å². The van der Waals surface area contributed by atoms with Gasteiger partial charge in [-0.1, -0.05) is 26.8 Å². The number of carbonyl (C=O) groups excluding carboxylic acids is 2. The van der Waals surface area contributed by atoms with E-state index in [1.165, 1.54) is 36.2 Å². The van der Waals surface area contributed by atoms with Crippen molar-refractivity contribution in [3.05, 3.63) is 59.4 Å². The quantitative estimate of drug-likeness (QED) is 0.377. The molecule has 1 atom stereocenters. The highest BCUT2D eigenvalue weighted by atomic mass is 32.2. The van der Waals surface area contributed by atoms with E-state index in [0.29, 0.717) is 5.75 Å². The number of sulfonamides is 1. The number of anilines is 1. The van der Waals surface area contributed by atoms with Gasteiger partial charge < -0.3 is 9.47 Å². The van der Waals surface area contributed by atoms with Gasteiger partial charge in [-0.15, -0.1) is 11.3 Å². The van der Waals surface area contributed by atoms with E-state index < -0.39 is 27.4 Å². The van der Waals surface area contributed by atoms with Crippen LogP contribution in [0.25, 0.3) is 0 Å². The molecular weight excluding hydrogens is 530 g/mol. The van der Waals surface area contributed by atoms with Crippen molar-refractivity contribution in [3.8, 4) is 5.75 Å². The fourth-order valence-electron chi connectivity index (χ4n) is 4.11. The average Bonchev–Trinajstić information content (AvgIpc) is 3.55. The van der Waals surface area contributed by atoms with Gasteiger partial charge in [0.25, 0.3) is 11.8 Å². The summed E-state index contributed by atoms with van der Waals surface area (Å²) in [6.07, 6.45) is 5.49. The second-order valence-electron chi connectivity index (χ2n) is 9.80. The molecule has 1 N–H and O–H groups in total. The molecule has 0 saturated carbocycles. The van der Waals surface area contributed by atoms with Crippen molar-refractivity contribution in [1.29, 1.82) is 0 Å². The van der Waals surface area contributed by atoms with Gasteiger partial charge in [0.2, 0.25) is 10.0 Å². The first kappa shape index (κ1) is 29.3.